The molecule has 0 spiro atoms. The lowest BCUT2D eigenvalue weighted by atomic mass is 10.2. The number of rotatable bonds is 2. The highest BCUT2D eigenvalue weighted by atomic mass is 127. The number of hydrogen-bond donors (Lipinski definition) is 1. The Kier molecular flexibility index (Phi) is 4.92. The van der Waals surface area contributed by atoms with Gasteiger partial charge in [-0.2, -0.15) is 0 Å². The number of hydrogen-bond acceptors (Lipinski definition) is 1. The Morgan fingerprint density at radius 1 is 1.60 bits per heavy atom. The molecule has 0 heterocycles. The molecular formula is C11H9ClINO. The molecule has 78 valence electrons. The molecule has 1 rings (SSSR count). The summed E-state index contributed by atoms with van der Waals surface area (Å²) in [6.45, 7) is 2.09. The van der Waals surface area contributed by atoms with Gasteiger partial charge in [-0.25, -0.2) is 0 Å². The second-order valence-electron chi connectivity index (χ2n) is 2.74. The molecule has 0 aliphatic rings. The molecule has 0 aliphatic heterocycles. The van der Waals surface area contributed by atoms with Crippen molar-refractivity contribution in [2.45, 2.75) is 6.92 Å². The number of amides is 1. The quantitative estimate of drug-likeness (QED) is 0.654. The van der Waals surface area contributed by atoms with E-state index in [0.717, 1.165) is 3.57 Å². The average Bonchev–Trinajstić information content (AvgIpc) is 2.22. The van der Waals surface area contributed by atoms with Gasteiger partial charge >= 0.3 is 0 Å². The Bertz CT molecular complexity index is 434. The summed E-state index contributed by atoms with van der Waals surface area (Å²) in [6, 6.07) is 5.20. The van der Waals surface area contributed by atoms with Crippen LogP contribution in [-0.2, 0) is 0 Å². The van der Waals surface area contributed by atoms with Crippen LogP contribution < -0.4 is 5.32 Å². The van der Waals surface area contributed by atoms with Gasteiger partial charge in [0.05, 0.1) is 11.6 Å². The molecule has 0 atom stereocenters. The van der Waals surface area contributed by atoms with E-state index in [9.17, 15) is 4.79 Å². The fourth-order valence-corrected chi connectivity index (χ4v) is 1.47. The van der Waals surface area contributed by atoms with Gasteiger partial charge in [0.15, 0.2) is 0 Å². The van der Waals surface area contributed by atoms with Crippen LogP contribution in [0.25, 0.3) is 0 Å². The molecule has 4 heteroatoms. The molecule has 0 unspecified atom stereocenters. The van der Waals surface area contributed by atoms with E-state index in [1.807, 2.05) is 6.07 Å². The van der Waals surface area contributed by atoms with Gasteiger partial charge in [0.2, 0.25) is 0 Å². The van der Waals surface area contributed by atoms with E-state index < -0.39 is 0 Å². The largest absolute Gasteiger partial charge is 0.341 e. The Morgan fingerprint density at radius 3 is 2.93 bits per heavy atom. The van der Waals surface area contributed by atoms with Crippen LogP contribution in [0.5, 0.6) is 0 Å². The summed E-state index contributed by atoms with van der Waals surface area (Å²) in [4.78, 5) is 11.5. The Morgan fingerprint density at radius 2 is 2.33 bits per heavy atom. The second kappa shape index (κ2) is 5.99. The molecule has 2 nitrogen and oxygen atoms in total. The first-order chi connectivity index (χ1) is 7.15. The summed E-state index contributed by atoms with van der Waals surface area (Å²) in [6.07, 6.45) is 0. The highest BCUT2D eigenvalue weighted by molar-refractivity contribution is 14.1. The Hall–Kier alpha value is -0.730. The summed E-state index contributed by atoms with van der Waals surface area (Å²) in [7, 11) is 0. The van der Waals surface area contributed by atoms with Crippen LogP contribution in [0.2, 0.25) is 5.02 Å². The van der Waals surface area contributed by atoms with E-state index in [0.29, 0.717) is 17.1 Å². The number of benzene rings is 1. The summed E-state index contributed by atoms with van der Waals surface area (Å²) < 4.78 is 0.930. The first-order valence-electron chi connectivity index (χ1n) is 4.28. The molecule has 0 aromatic heterocycles. The minimum absolute atomic E-state index is 0.156. The minimum Gasteiger partial charge on any atom is -0.341 e. The summed E-state index contributed by atoms with van der Waals surface area (Å²) in [5.74, 6) is 5.31. The third-order valence-electron chi connectivity index (χ3n) is 1.70. The third-order valence-corrected chi connectivity index (χ3v) is 3.27. The van der Waals surface area contributed by atoms with E-state index in [1.54, 1.807) is 19.1 Å². The van der Waals surface area contributed by atoms with E-state index in [2.05, 4.69) is 39.7 Å². The minimum atomic E-state index is -0.156. The Labute approximate surface area is 108 Å². The zero-order valence-corrected chi connectivity index (χ0v) is 11.0. The van der Waals surface area contributed by atoms with Gasteiger partial charge < -0.3 is 5.32 Å². The second-order valence-corrected chi connectivity index (χ2v) is 4.31. The van der Waals surface area contributed by atoms with Crippen molar-refractivity contribution < 1.29 is 4.79 Å². The first-order valence-corrected chi connectivity index (χ1v) is 5.73. The van der Waals surface area contributed by atoms with E-state index >= 15 is 0 Å². The fourth-order valence-electron chi connectivity index (χ4n) is 0.952. The standard InChI is InChI=1S/C11H9ClINO/c1-2-3-6-14-11(15)8-4-5-10(13)9(12)7-8/h4-5,7H,6H2,1H3,(H,14,15). The van der Waals surface area contributed by atoms with Crippen molar-refractivity contribution in [3.8, 4) is 11.8 Å². The fraction of sp³-hybridized carbons (Fsp3) is 0.182. The number of carbonyl (C=O) groups excluding carboxylic acids is 1. The molecule has 1 N–H and O–H groups in total. The maximum atomic E-state index is 11.5. The van der Waals surface area contributed by atoms with Crippen molar-refractivity contribution in [3.63, 3.8) is 0 Å². The van der Waals surface area contributed by atoms with Gasteiger partial charge in [-0.15, -0.1) is 5.92 Å². The van der Waals surface area contributed by atoms with Gasteiger partial charge in [0.25, 0.3) is 5.91 Å². The molecule has 15 heavy (non-hydrogen) atoms. The SMILES string of the molecule is CC#CCNC(=O)c1ccc(I)c(Cl)c1. The van der Waals surface area contributed by atoms with Crippen molar-refractivity contribution in [3.05, 3.63) is 32.4 Å². The first kappa shape index (κ1) is 12.3. The van der Waals surface area contributed by atoms with Crippen molar-refractivity contribution in [1.82, 2.24) is 5.32 Å². The molecule has 1 amide bonds. The van der Waals surface area contributed by atoms with Gasteiger partial charge in [0, 0.05) is 9.13 Å². The predicted octanol–water partition coefficient (Wildman–Crippen LogP) is 2.70. The zero-order chi connectivity index (χ0) is 11.3. The number of carbonyl (C=O) groups is 1. The molecule has 0 fully saturated rings. The lowest BCUT2D eigenvalue weighted by Gasteiger charge is -2.02. The normalized spacial score (nSPS) is 9.00. The summed E-state index contributed by atoms with van der Waals surface area (Å²) in [5, 5.41) is 3.26. The van der Waals surface area contributed by atoms with Crippen LogP contribution in [0.1, 0.15) is 17.3 Å². The van der Waals surface area contributed by atoms with E-state index in [-0.39, 0.29) is 5.91 Å². The van der Waals surface area contributed by atoms with Gasteiger partial charge in [-0.05, 0) is 47.7 Å². The van der Waals surface area contributed by atoms with Crippen LogP contribution in [0.4, 0.5) is 0 Å². The topological polar surface area (TPSA) is 29.1 Å². The molecular weight excluding hydrogens is 324 g/mol. The van der Waals surface area contributed by atoms with Crippen LogP contribution in [0, 0.1) is 15.4 Å². The molecule has 0 radical (unpaired) electrons. The highest BCUT2D eigenvalue weighted by Crippen LogP contribution is 2.19. The van der Waals surface area contributed by atoms with Gasteiger partial charge in [-0.3, -0.25) is 4.79 Å². The van der Waals surface area contributed by atoms with Crippen LogP contribution >= 0.6 is 34.2 Å². The molecule has 1 aromatic rings. The van der Waals surface area contributed by atoms with E-state index in [1.165, 1.54) is 0 Å². The highest BCUT2D eigenvalue weighted by Gasteiger charge is 2.06. The maximum Gasteiger partial charge on any atom is 0.252 e. The average molecular weight is 334 g/mol. The number of nitrogens with one attached hydrogen (secondary N) is 1. The smallest absolute Gasteiger partial charge is 0.252 e. The van der Waals surface area contributed by atoms with Crippen LogP contribution in [0.15, 0.2) is 18.2 Å². The molecule has 0 saturated carbocycles. The lowest BCUT2D eigenvalue weighted by molar-refractivity contribution is 0.0958. The number of halogens is 2. The molecule has 0 saturated heterocycles. The third kappa shape index (κ3) is 3.73. The van der Waals surface area contributed by atoms with E-state index in [4.69, 9.17) is 11.6 Å². The monoisotopic (exact) mass is 333 g/mol. The van der Waals surface area contributed by atoms with Gasteiger partial charge in [-0.1, -0.05) is 17.5 Å². The molecule has 1 aromatic carbocycles. The Balaban J connectivity index is 2.72. The zero-order valence-electron chi connectivity index (χ0n) is 8.10. The van der Waals surface area contributed by atoms with Crippen molar-refractivity contribution in [1.29, 1.82) is 0 Å². The summed E-state index contributed by atoms with van der Waals surface area (Å²) in [5.41, 5.74) is 0.554. The van der Waals surface area contributed by atoms with Crippen LogP contribution in [0.3, 0.4) is 0 Å². The summed E-state index contributed by atoms with van der Waals surface area (Å²) >= 11 is 8.02. The van der Waals surface area contributed by atoms with Crippen molar-refractivity contribution in [2.75, 3.05) is 6.54 Å². The van der Waals surface area contributed by atoms with Crippen molar-refractivity contribution in [2.24, 2.45) is 0 Å². The maximum absolute atomic E-state index is 11.5. The molecule has 0 bridgehead atoms. The molecule has 0 aliphatic carbocycles. The lowest BCUT2D eigenvalue weighted by Crippen LogP contribution is -2.23. The predicted molar refractivity (Wildman–Crippen MR) is 70.0 cm³/mol. The van der Waals surface area contributed by atoms with Crippen LogP contribution in [-0.4, -0.2) is 12.5 Å². The van der Waals surface area contributed by atoms with Crippen molar-refractivity contribution >= 4 is 40.1 Å². The van der Waals surface area contributed by atoms with Gasteiger partial charge in [0.1, 0.15) is 0 Å².